The highest BCUT2D eigenvalue weighted by Gasteiger charge is 2.14. The molecule has 0 aliphatic carbocycles. The number of nitrogens with zero attached hydrogens (tertiary/aromatic N) is 1. The molecule has 0 fully saturated rings. The van der Waals surface area contributed by atoms with E-state index >= 15 is 0 Å². The fourth-order valence-corrected chi connectivity index (χ4v) is 2.11. The van der Waals surface area contributed by atoms with Gasteiger partial charge in [-0.05, 0) is 37.1 Å². The van der Waals surface area contributed by atoms with E-state index < -0.39 is 0 Å². The Morgan fingerprint density at radius 2 is 2.06 bits per heavy atom. The summed E-state index contributed by atoms with van der Waals surface area (Å²) in [7, 11) is 1.56. The van der Waals surface area contributed by atoms with Crippen LogP contribution in [0, 0.1) is 13.8 Å². The molecule has 5 heteroatoms. The molecule has 0 unspecified atom stereocenters. The summed E-state index contributed by atoms with van der Waals surface area (Å²) in [5, 5.41) is 5.14. The Morgan fingerprint density at radius 3 is 2.67 bits per heavy atom. The number of aryl methyl sites for hydroxylation is 2. The van der Waals surface area contributed by atoms with E-state index in [1.807, 2.05) is 31.4 Å². The Morgan fingerprint density at radius 1 is 1.33 bits per heavy atom. The number of methoxy groups -OCH3 is 1. The Balaban J connectivity index is 2.32. The third-order valence-electron chi connectivity index (χ3n) is 2.71. The van der Waals surface area contributed by atoms with Crippen molar-refractivity contribution in [2.24, 2.45) is 0 Å². The number of carbonyl (C=O) groups is 1. The van der Waals surface area contributed by atoms with Gasteiger partial charge in [-0.1, -0.05) is 0 Å². The van der Waals surface area contributed by atoms with Gasteiger partial charge in [0.2, 0.25) is 0 Å². The number of carbonyl (C=O) groups excluding carboxylic acids is 1. The van der Waals surface area contributed by atoms with E-state index in [0.29, 0.717) is 16.4 Å². The highest BCUT2D eigenvalue weighted by atomic mass is 32.1. The molecule has 1 amide bonds. The van der Waals surface area contributed by atoms with Crippen molar-refractivity contribution in [3.05, 3.63) is 40.4 Å². The third-order valence-corrected chi connectivity index (χ3v) is 3.40. The van der Waals surface area contributed by atoms with Crippen LogP contribution < -0.4 is 10.1 Å². The Hall–Kier alpha value is -1.88. The van der Waals surface area contributed by atoms with Gasteiger partial charge in [0.1, 0.15) is 5.75 Å². The first-order valence-electron chi connectivity index (χ1n) is 5.48. The Bertz CT molecular complexity index is 565. The molecule has 0 aliphatic rings. The number of rotatable bonds is 3. The molecule has 1 heterocycles. The summed E-state index contributed by atoms with van der Waals surface area (Å²) in [6.07, 6.45) is 1.65. The number of thiazole rings is 1. The molecule has 0 bridgehead atoms. The van der Waals surface area contributed by atoms with Crippen LogP contribution in [-0.4, -0.2) is 18.0 Å². The molecule has 0 saturated heterocycles. The van der Waals surface area contributed by atoms with Crippen LogP contribution >= 0.6 is 11.3 Å². The van der Waals surface area contributed by atoms with Crippen LogP contribution in [0.3, 0.4) is 0 Å². The van der Waals surface area contributed by atoms with Crippen LogP contribution in [0.4, 0.5) is 5.13 Å². The maximum Gasteiger partial charge on any atom is 0.261 e. The summed E-state index contributed by atoms with van der Waals surface area (Å²) >= 11 is 1.38. The number of anilines is 1. The average Bonchev–Trinajstić information content (AvgIpc) is 2.84. The zero-order valence-electron chi connectivity index (χ0n) is 10.5. The Kier molecular flexibility index (Phi) is 3.62. The van der Waals surface area contributed by atoms with E-state index in [1.54, 1.807) is 13.3 Å². The van der Waals surface area contributed by atoms with E-state index in [9.17, 15) is 4.79 Å². The van der Waals surface area contributed by atoms with Gasteiger partial charge in [0, 0.05) is 11.6 Å². The number of nitrogens with one attached hydrogen (secondary N) is 1. The molecule has 94 valence electrons. The van der Waals surface area contributed by atoms with Crippen molar-refractivity contribution >= 4 is 22.4 Å². The van der Waals surface area contributed by atoms with Crippen LogP contribution in [-0.2, 0) is 0 Å². The van der Waals surface area contributed by atoms with E-state index in [-0.39, 0.29) is 5.91 Å². The largest absolute Gasteiger partial charge is 0.496 e. The smallest absolute Gasteiger partial charge is 0.261 e. The lowest BCUT2D eigenvalue weighted by Crippen LogP contribution is -2.13. The van der Waals surface area contributed by atoms with Crippen molar-refractivity contribution in [1.82, 2.24) is 4.98 Å². The van der Waals surface area contributed by atoms with Gasteiger partial charge in [0.25, 0.3) is 5.91 Å². The number of hydrogen-bond acceptors (Lipinski definition) is 4. The maximum atomic E-state index is 12.1. The minimum Gasteiger partial charge on any atom is -0.496 e. The van der Waals surface area contributed by atoms with E-state index in [2.05, 4.69) is 10.3 Å². The molecule has 1 N–H and O–H groups in total. The zero-order chi connectivity index (χ0) is 13.1. The van der Waals surface area contributed by atoms with Gasteiger partial charge < -0.3 is 4.74 Å². The van der Waals surface area contributed by atoms with Gasteiger partial charge in [-0.15, -0.1) is 11.3 Å². The SMILES string of the molecule is COc1cc(C)c(C)cc1C(=O)Nc1nccs1. The van der Waals surface area contributed by atoms with Crippen LogP contribution in [0.1, 0.15) is 21.5 Å². The van der Waals surface area contributed by atoms with E-state index in [1.165, 1.54) is 11.3 Å². The number of amides is 1. The first kappa shape index (κ1) is 12.6. The van der Waals surface area contributed by atoms with Crippen molar-refractivity contribution in [1.29, 1.82) is 0 Å². The predicted octanol–water partition coefficient (Wildman–Crippen LogP) is 3.02. The molecule has 18 heavy (non-hydrogen) atoms. The van der Waals surface area contributed by atoms with Crippen LogP contribution in [0.15, 0.2) is 23.7 Å². The molecule has 4 nitrogen and oxygen atoms in total. The van der Waals surface area contributed by atoms with Crippen LogP contribution in [0.25, 0.3) is 0 Å². The zero-order valence-corrected chi connectivity index (χ0v) is 11.3. The fourth-order valence-electron chi connectivity index (χ4n) is 1.59. The molecule has 0 radical (unpaired) electrons. The molecule has 1 aromatic carbocycles. The third kappa shape index (κ3) is 2.51. The van der Waals surface area contributed by atoms with Gasteiger partial charge >= 0.3 is 0 Å². The number of benzene rings is 1. The molecule has 0 saturated carbocycles. The fraction of sp³-hybridized carbons (Fsp3) is 0.231. The summed E-state index contributed by atoms with van der Waals surface area (Å²) in [5.41, 5.74) is 2.67. The maximum absolute atomic E-state index is 12.1. The lowest BCUT2D eigenvalue weighted by molar-refractivity contribution is 0.102. The standard InChI is InChI=1S/C13H14N2O2S/c1-8-6-10(11(17-3)7-9(8)2)12(16)15-13-14-4-5-18-13/h4-7H,1-3H3,(H,14,15,16). The van der Waals surface area contributed by atoms with Crippen molar-refractivity contribution in [2.45, 2.75) is 13.8 Å². The lowest BCUT2D eigenvalue weighted by Gasteiger charge is -2.11. The number of aromatic nitrogens is 1. The number of ether oxygens (including phenoxy) is 1. The molecule has 2 aromatic rings. The summed E-state index contributed by atoms with van der Waals surface area (Å²) < 4.78 is 5.24. The first-order valence-corrected chi connectivity index (χ1v) is 6.36. The second kappa shape index (κ2) is 5.18. The summed E-state index contributed by atoms with van der Waals surface area (Å²) in [6.45, 7) is 3.95. The quantitative estimate of drug-likeness (QED) is 0.925. The second-order valence-corrected chi connectivity index (χ2v) is 4.82. The predicted molar refractivity (Wildman–Crippen MR) is 72.5 cm³/mol. The summed E-state index contributed by atoms with van der Waals surface area (Å²) in [4.78, 5) is 16.2. The average molecular weight is 262 g/mol. The monoisotopic (exact) mass is 262 g/mol. The van der Waals surface area contributed by atoms with Gasteiger partial charge in [-0.2, -0.15) is 0 Å². The molecular formula is C13H14N2O2S. The topological polar surface area (TPSA) is 51.2 Å². The molecule has 1 aromatic heterocycles. The van der Waals surface area contributed by atoms with Gasteiger partial charge in [0.15, 0.2) is 5.13 Å². The van der Waals surface area contributed by atoms with E-state index in [4.69, 9.17) is 4.74 Å². The van der Waals surface area contributed by atoms with Crippen LogP contribution in [0.5, 0.6) is 5.75 Å². The Labute approximate surface area is 110 Å². The van der Waals surface area contributed by atoms with Crippen molar-refractivity contribution in [3.63, 3.8) is 0 Å². The van der Waals surface area contributed by atoms with Crippen molar-refractivity contribution in [3.8, 4) is 5.75 Å². The van der Waals surface area contributed by atoms with Gasteiger partial charge in [-0.25, -0.2) is 4.98 Å². The molecule has 0 spiro atoms. The van der Waals surface area contributed by atoms with Crippen molar-refractivity contribution < 1.29 is 9.53 Å². The van der Waals surface area contributed by atoms with Gasteiger partial charge in [-0.3, -0.25) is 10.1 Å². The minimum absolute atomic E-state index is 0.204. The molecule has 0 aliphatic heterocycles. The van der Waals surface area contributed by atoms with Gasteiger partial charge in [0.05, 0.1) is 12.7 Å². The van der Waals surface area contributed by atoms with E-state index in [0.717, 1.165) is 11.1 Å². The highest BCUT2D eigenvalue weighted by Crippen LogP contribution is 2.24. The molecule has 2 rings (SSSR count). The first-order chi connectivity index (χ1) is 8.61. The van der Waals surface area contributed by atoms with Crippen LogP contribution in [0.2, 0.25) is 0 Å². The number of hydrogen-bond donors (Lipinski definition) is 1. The highest BCUT2D eigenvalue weighted by molar-refractivity contribution is 7.13. The molecular weight excluding hydrogens is 248 g/mol. The summed E-state index contributed by atoms with van der Waals surface area (Å²) in [6, 6.07) is 3.70. The normalized spacial score (nSPS) is 10.2. The lowest BCUT2D eigenvalue weighted by atomic mass is 10.0. The minimum atomic E-state index is -0.204. The second-order valence-electron chi connectivity index (χ2n) is 3.93. The van der Waals surface area contributed by atoms with Crippen molar-refractivity contribution in [2.75, 3.05) is 12.4 Å². The summed E-state index contributed by atoms with van der Waals surface area (Å²) in [5.74, 6) is 0.372. The molecule has 0 atom stereocenters.